The van der Waals surface area contributed by atoms with Crippen molar-refractivity contribution in [1.29, 1.82) is 0 Å². The van der Waals surface area contributed by atoms with Gasteiger partial charge in [-0.1, -0.05) is 29.8 Å². The fraction of sp³-hybridized carbons (Fsp3) is 0.167. The van der Waals surface area contributed by atoms with Gasteiger partial charge in [0.25, 0.3) is 11.6 Å². The number of azo groups is 1. The Balaban J connectivity index is 0.000000205. The van der Waals surface area contributed by atoms with Gasteiger partial charge in [-0.05, 0) is 48.9 Å². The van der Waals surface area contributed by atoms with Crippen LogP contribution in [0.4, 0.5) is 11.4 Å². The van der Waals surface area contributed by atoms with Gasteiger partial charge >= 0.3 is 0 Å². The van der Waals surface area contributed by atoms with Crippen molar-refractivity contribution >= 4 is 21.5 Å². The Morgan fingerprint density at radius 1 is 0.972 bits per heavy atom. The minimum atomic E-state index is -4.49. The van der Waals surface area contributed by atoms with Crippen molar-refractivity contribution in [3.63, 3.8) is 0 Å². The lowest BCUT2D eigenvalue weighted by molar-refractivity contribution is -0.652. The molecular weight excluding hydrogens is 484 g/mol. The highest BCUT2D eigenvalue weighted by atomic mass is 32.2. The predicted octanol–water partition coefficient (Wildman–Crippen LogP) is 3.28. The third-order valence-corrected chi connectivity index (χ3v) is 6.00. The number of phenolic OH excluding ortho intramolecular Hbond substituents is 2. The maximum Gasteiger partial charge on any atom is 0.295 e. The first-order valence-corrected chi connectivity index (χ1v) is 12.1. The molecule has 0 aliphatic rings. The molecule has 3 aromatic carbocycles. The van der Waals surface area contributed by atoms with Gasteiger partial charge in [0.2, 0.25) is 0 Å². The second-order valence-corrected chi connectivity index (χ2v) is 9.31. The first-order valence-electron chi connectivity index (χ1n) is 10.7. The molecule has 0 saturated carbocycles. The minimum Gasteiger partial charge on any atom is -0.744 e. The second-order valence-electron chi connectivity index (χ2n) is 7.93. The number of aromatic nitrogens is 3. The van der Waals surface area contributed by atoms with Gasteiger partial charge in [0, 0.05) is 25.0 Å². The summed E-state index contributed by atoms with van der Waals surface area (Å²) in [5.41, 5.74) is 2.95. The molecule has 0 spiro atoms. The maximum atomic E-state index is 10.7. The molecule has 0 unspecified atom stereocenters. The Labute approximate surface area is 208 Å². The van der Waals surface area contributed by atoms with E-state index in [4.69, 9.17) is 10.9 Å². The van der Waals surface area contributed by atoms with Crippen LogP contribution in [0.2, 0.25) is 0 Å². The van der Waals surface area contributed by atoms with E-state index < -0.39 is 10.1 Å². The summed E-state index contributed by atoms with van der Waals surface area (Å²) < 4.78 is 35.7. The van der Waals surface area contributed by atoms with Crippen molar-refractivity contribution in [2.45, 2.75) is 32.2 Å². The van der Waals surface area contributed by atoms with Crippen LogP contribution < -0.4 is 10.5 Å². The Hall–Kier alpha value is -4.29. The van der Waals surface area contributed by atoms with Gasteiger partial charge in [0.1, 0.15) is 33.8 Å². The molecule has 1 aromatic heterocycles. The molecule has 1 heterocycles. The third-order valence-electron chi connectivity index (χ3n) is 5.15. The van der Waals surface area contributed by atoms with Crippen LogP contribution in [0.25, 0.3) is 0 Å². The molecule has 0 atom stereocenters. The number of nitrogen functional groups attached to an aromatic ring is 1. The molecule has 0 bridgehead atoms. The van der Waals surface area contributed by atoms with Gasteiger partial charge in [0.05, 0.1) is 10.6 Å². The standard InChI is InChI=1S/C12H17N4.C12H10N2O5S/c1-9-4-6-12(7-5-9)8-15-11(3)16(13)10(2)14-15;15-9-3-6-11(12(16)7-9)14-13-8-1-4-10(5-2-8)20(17,18)19/h4-7H,8,13H2,1-3H3;1-7,15-16H,(H,17,18,19)/q+1;/p-1. The quantitative estimate of drug-likeness (QED) is 0.160. The zero-order valence-electron chi connectivity index (χ0n) is 19.9. The van der Waals surface area contributed by atoms with Crippen LogP contribution in [0.1, 0.15) is 22.8 Å². The Bertz CT molecular complexity index is 1480. The summed E-state index contributed by atoms with van der Waals surface area (Å²) >= 11 is 0. The van der Waals surface area contributed by atoms with E-state index in [9.17, 15) is 18.1 Å². The van der Waals surface area contributed by atoms with Gasteiger partial charge in [-0.2, -0.15) is 5.11 Å². The fourth-order valence-corrected chi connectivity index (χ4v) is 3.53. The van der Waals surface area contributed by atoms with E-state index in [0.29, 0.717) is 5.69 Å². The van der Waals surface area contributed by atoms with Crippen molar-refractivity contribution in [1.82, 2.24) is 9.78 Å². The van der Waals surface area contributed by atoms with Gasteiger partial charge in [0.15, 0.2) is 0 Å². The van der Waals surface area contributed by atoms with Crippen LogP contribution in [0.5, 0.6) is 11.5 Å². The van der Waals surface area contributed by atoms with Crippen LogP contribution in [0.15, 0.2) is 81.9 Å². The van der Waals surface area contributed by atoms with Crippen LogP contribution >= 0.6 is 0 Å². The van der Waals surface area contributed by atoms with Gasteiger partial charge in [-0.3, -0.25) is 5.84 Å². The normalized spacial score (nSPS) is 11.3. The zero-order chi connectivity index (χ0) is 26.5. The molecule has 0 radical (unpaired) electrons. The Kier molecular flexibility index (Phi) is 8.02. The SMILES string of the molecule is Cc1ccc(Cn2nc(C)[n+](N)c2C)cc1.O=S(=O)([O-])c1ccc(N=Nc2ccc(O)cc2O)cc1. The van der Waals surface area contributed by atoms with E-state index in [1.807, 2.05) is 18.5 Å². The van der Waals surface area contributed by atoms with Gasteiger partial charge in [-0.25, -0.2) is 8.42 Å². The van der Waals surface area contributed by atoms with Crippen molar-refractivity contribution in [3.8, 4) is 11.5 Å². The largest absolute Gasteiger partial charge is 0.744 e. The lowest BCUT2D eigenvalue weighted by Gasteiger charge is -2.05. The number of aryl methyl sites for hydroxylation is 2. The number of nitrogens with two attached hydrogens (primary N) is 1. The second kappa shape index (κ2) is 11.0. The van der Waals surface area contributed by atoms with E-state index in [2.05, 4.69) is 46.5 Å². The zero-order valence-corrected chi connectivity index (χ0v) is 20.7. The molecule has 4 N–H and O–H groups in total. The molecular formula is C24H26N6O5S. The number of phenols is 2. The topological polar surface area (TPSA) is 170 Å². The lowest BCUT2D eigenvalue weighted by atomic mass is 10.1. The third kappa shape index (κ3) is 6.87. The predicted molar refractivity (Wildman–Crippen MR) is 131 cm³/mol. The Morgan fingerprint density at radius 2 is 1.61 bits per heavy atom. The first-order chi connectivity index (χ1) is 16.9. The maximum absolute atomic E-state index is 10.7. The molecule has 12 heteroatoms. The minimum absolute atomic E-state index is 0.105. The van der Waals surface area contributed by atoms with E-state index in [1.165, 1.54) is 35.4 Å². The molecule has 188 valence electrons. The molecule has 0 aliphatic carbocycles. The summed E-state index contributed by atoms with van der Waals surface area (Å²) in [5.74, 6) is 7.25. The average molecular weight is 511 g/mol. The highest BCUT2D eigenvalue weighted by Gasteiger charge is 2.16. The lowest BCUT2D eigenvalue weighted by Crippen LogP contribution is -2.48. The van der Waals surface area contributed by atoms with Crippen molar-refractivity contribution in [3.05, 3.63) is 89.5 Å². The Morgan fingerprint density at radius 3 is 2.14 bits per heavy atom. The van der Waals surface area contributed by atoms with E-state index >= 15 is 0 Å². The summed E-state index contributed by atoms with van der Waals surface area (Å²) in [6, 6.07) is 17.1. The summed E-state index contributed by atoms with van der Waals surface area (Å²) in [6.45, 7) is 6.71. The molecule has 4 rings (SSSR count). The van der Waals surface area contributed by atoms with Crippen LogP contribution in [0.3, 0.4) is 0 Å². The van der Waals surface area contributed by atoms with Crippen LogP contribution in [-0.4, -0.2) is 33.0 Å². The number of hydrogen-bond donors (Lipinski definition) is 3. The number of hydrogen-bond acceptors (Lipinski definition) is 9. The summed E-state index contributed by atoms with van der Waals surface area (Å²) in [5, 5.41) is 30.5. The molecule has 4 aromatic rings. The van der Waals surface area contributed by atoms with Crippen molar-refractivity contribution < 1.29 is 27.9 Å². The molecule has 36 heavy (non-hydrogen) atoms. The first kappa shape index (κ1) is 26.3. The summed E-state index contributed by atoms with van der Waals surface area (Å²) in [4.78, 5) is -0.357. The van der Waals surface area contributed by atoms with Crippen molar-refractivity contribution in [2.24, 2.45) is 10.2 Å². The molecule has 0 amide bonds. The van der Waals surface area contributed by atoms with E-state index in [0.717, 1.165) is 36.4 Å². The van der Waals surface area contributed by atoms with E-state index in [1.54, 1.807) is 4.68 Å². The smallest absolute Gasteiger partial charge is 0.295 e. The van der Waals surface area contributed by atoms with Gasteiger partial charge < -0.3 is 14.8 Å². The van der Waals surface area contributed by atoms with Crippen LogP contribution in [-0.2, 0) is 16.7 Å². The summed E-state index contributed by atoms with van der Waals surface area (Å²) in [7, 11) is -4.49. The summed E-state index contributed by atoms with van der Waals surface area (Å²) in [6.07, 6.45) is 0. The highest BCUT2D eigenvalue weighted by molar-refractivity contribution is 7.85. The molecule has 0 fully saturated rings. The van der Waals surface area contributed by atoms with E-state index in [-0.39, 0.29) is 22.1 Å². The number of benzene rings is 3. The molecule has 0 saturated heterocycles. The number of rotatable bonds is 5. The number of aromatic hydroxyl groups is 2. The van der Waals surface area contributed by atoms with Gasteiger partial charge in [-0.15, -0.1) is 14.5 Å². The van der Waals surface area contributed by atoms with Crippen LogP contribution in [0, 0.1) is 20.8 Å². The highest BCUT2D eigenvalue weighted by Crippen LogP contribution is 2.31. The fourth-order valence-electron chi connectivity index (χ4n) is 3.06. The molecule has 0 aliphatic heterocycles. The van der Waals surface area contributed by atoms with Crippen molar-refractivity contribution in [2.75, 3.05) is 5.84 Å². The number of nitrogens with zero attached hydrogens (tertiary/aromatic N) is 5. The average Bonchev–Trinajstić information content (AvgIpc) is 3.06. The monoisotopic (exact) mass is 510 g/mol. The molecule has 11 nitrogen and oxygen atoms in total.